The van der Waals surface area contributed by atoms with Crippen LogP contribution in [0, 0.1) is 23.2 Å². The fourth-order valence-electron chi connectivity index (χ4n) is 5.63. The first-order valence-corrected chi connectivity index (χ1v) is 12.8. The third-order valence-electron chi connectivity index (χ3n) is 7.62. The van der Waals surface area contributed by atoms with Gasteiger partial charge in [-0.05, 0) is 65.2 Å². The number of hydrogen-bond donors (Lipinski definition) is 2. The Balaban J connectivity index is 1.48. The number of rotatable bonds is 7. The lowest BCUT2D eigenvalue weighted by Gasteiger charge is -2.36. The zero-order valence-corrected chi connectivity index (χ0v) is 21.0. The van der Waals surface area contributed by atoms with Crippen LogP contribution < -0.4 is 10.6 Å². The van der Waals surface area contributed by atoms with Crippen molar-refractivity contribution in [2.75, 3.05) is 19.6 Å². The first kappa shape index (κ1) is 25.3. The van der Waals surface area contributed by atoms with E-state index in [1.54, 1.807) is 30.6 Å². The molecular formula is C25H37N5O5. The van der Waals surface area contributed by atoms with Crippen molar-refractivity contribution in [2.45, 2.75) is 95.4 Å². The maximum atomic E-state index is 13.8. The lowest BCUT2D eigenvalue weighted by Crippen LogP contribution is -2.57. The lowest BCUT2D eigenvalue weighted by molar-refractivity contribution is -0.143. The molecule has 0 radical (unpaired) electrons. The molecule has 1 spiro atoms. The summed E-state index contributed by atoms with van der Waals surface area (Å²) in [5.41, 5.74) is -1.64. The van der Waals surface area contributed by atoms with Crippen molar-refractivity contribution in [2.24, 2.45) is 11.8 Å². The van der Waals surface area contributed by atoms with Crippen molar-refractivity contribution in [1.82, 2.24) is 20.4 Å². The Hall–Kier alpha value is -2.83. The number of ether oxygens (including phenoxy) is 1. The zero-order chi connectivity index (χ0) is 25.4. The largest absolute Gasteiger partial charge is 0.444 e. The molecule has 4 amide bonds. The fourth-order valence-corrected chi connectivity index (χ4v) is 5.63. The average Bonchev–Trinajstić information content (AvgIpc) is 3.21. The average molecular weight is 488 g/mol. The monoisotopic (exact) mass is 487 g/mol. The van der Waals surface area contributed by atoms with Crippen LogP contribution in [-0.4, -0.2) is 76.5 Å². The van der Waals surface area contributed by atoms with E-state index in [2.05, 4.69) is 16.7 Å². The van der Waals surface area contributed by atoms with Crippen molar-refractivity contribution in [3.8, 4) is 6.07 Å². The summed E-state index contributed by atoms with van der Waals surface area (Å²) in [6, 6.07) is 0.626. The molecule has 0 unspecified atom stereocenters. The van der Waals surface area contributed by atoms with E-state index in [9.17, 15) is 24.4 Å². The Morgan fingerprint density at radius 3 is 2.54 bits per heavy atom. The Morgan fingerprint density at radius 2 is 1.94 bits per heavy atom. The van der Waals surface area contributed by atoms with E-state index in [4.69, 9.17) is 4.74 Å². The number of likely N-dealkylation sites (tertiary alicyclic amines) is 2. The van der Waals surface area contributed by atoms with Crippen LogP contribution in [0.25, 0.3) is 0 Å². The van der Waals surface area contributed by atoms with E-state index >= 15 is 0 Å². The molecule has 192 valence electrons. The molecule has 0 aromatic rings. The molecule has 2 N–H and O–H groups in total. The van der Waals surface area contributed by atoms with Crippen molar-refractivity contribution in [3.05, 3.63) is 0 Å². The van der Waals surface area contributed by atoms with Gasteiger partial charge in [0.15, 0.2) is 0 Å². The topological polar surface area (TPSA) is 132 Å². The predicted octanol–water partition coefficient (Wildman–Crippen LogP) is 1.69. The molecule has 35 heavy (non-hydrogen) atoms. The lowest BCUT2D eigenvalue weighted by atomic mass is 9.94. The van der Waals surface area contributed by atoms with Gasteiger partial charge in [0.05, 0.1) is 6.07 Å². The smallest absolute Gasteiger partial charge is 0.411 e. The normalized spacial score (nSPS) is 28.1. The van der Waals surface area contributed by atoms with Crippen molar-refractivity contribution < 1.29 is 23.9 Å². The van der Waals surface area contributed by atoms with E-state index < -0.39 is 29.3 Å². The maximum absolute atomic E-state index is 13.8. The van der Waals surface area contributed by atoms with E-state index in [0.29, 0.717) is 57.7 Å². The molecule has 4 atom stereocenters. The van der Waals surface area contributed by atoms with Gasteiger partial charge in [0.2, 0.25) is 17.7 Å². The quantitative estimate of drug-likeness (QED) is 0.562. The van der Waals surface area contributed by atoms with Crippen LogP contribution in [0.15, 0.2) is 0 Å². The number of nitrogens with zero attached hydrogens (tertiary/aromatic N) is 3. The fraction of sp³-hybridized carbons (Fsp3) is 0.800. The Morgan fingerprint density at radius 1 is 1.20 bits per heavy atom. The highest BCUT2D eigenvalue weighted by Gasteiger charge is 2.58. The third-order valence-corrected chi connectivity index (χ3v) is 7.62. The first-order chi connectivity index (χ1) is 16.5. The standard InChI is InChI=1S/C25H37N5O5/c1-24(2,3)35-23(34)30-11-4-8-25(30)9-12-29(22(25)33)19(13-16-5-6-16)21(32)28-18(15-26)14-17-7-10-27-20(17)31/h16-19H,4-14H2,1-3H3,(H,27,31)(H,28,32)/t17-,18-,19-,25+/m0/s1. The summed E-state index contributed by atoms with van der Waals surface area (Å²) < 4.78 is 5.58. The van der Waals surface area contributed by atoms with Gasteiger partial charge in [-0.2, -0.15) is 5.26 Å². The van der Waals surface area contributed by atoms with Gasteiger partial charge in [0, 0.05) is 25.6 Å². The van der Waals surface area contributed by atoms with E-state index in [1.807, 2.05) is 0 Å². The number of amides is 4. The molecular weight excluding hydrogens is 450 g/mol. The molecule has 0 bridgehead atoms. The molecule has 3 heterocycles. The van der Waals surface area contributed by atoms with Crippen LogP contribution >= 0.6 is 0 Å². The highest BCUT2D eigenvalue weighted by Crippen LogP contribution is 2.42. The number of carbonyl (C=O) groups excluding carboxylic acids is 4. The van der Waals surface area contributed by atoms with Crippen molar-refractivity contribution >= 4 is 23.8 Å². The Kier molecular flexibility index (Phi) is 6.98. The Bertz CT molecular complexity index is 920. The van der Waals surface area contributed by atoms with Gasteiger partial charge in [-0.1, -0.05) is 12.8 Å². The summed E-state index contributed by atoms with van der Waals surface area (Å²) in [7, 11) is 0. The second-order valence-corrected chi connectivity index (χ2v) is 11.4. The molecule has 4 fully saturated rings. The van der Waals surface area contributed by atoms with E-state index in [1.165, 1.54) is 0 Å². The summed E-state index contributed by atoms with van der Waals surface area (Å²) >= 11 is 0. The van der Waals surface area contributed by atoms with Crippen LogP contribution in [0.3, 0.4) is 0 Å². The molecule has 10 heteroatoms. The second kappa shape index (κ2) is 9.67. The molecule has 1 aliphatic carbocycles. The van der Waals surface area contributed by atoms with E-state index in [0.717, 1.165) is 12.8 Å². The number of nitriles is 1. The number of carbonyl (C=O) groups is 4. The zero-order valence-electron chi connectivity index (χ0n) is 21.0. The maximum Gasteiger partial charge on any atom is 0.411 e. The molecule has 0 aromatic heterocycles. The van der Waals surface area contributed by atoms with Gasteiger partial charge in [0.1, 0.15) is 23.2 Å². The second-order valence-electron chi connectivity index (χ2n) is 11.4. The highest BCUT2D eigenvalue weighted by atomic mass is 16.6. The molecule has 3 saturated heterocycles. The summed E-state index contributed by atoms with van der Waals surface area (Å²) in [5, 5.41) is 15.2. The SMILES string of the molecule is CC(C)(C)OC(=O)N1CCC[C@]12CCN([C@@H](CC1CC1)C(=O)N[C@H](C#N)C[C@@H]1CCNC1=O)C2=O. The molecule has 4 rings (SSSR count). The van der Waals surface area contributed by atoms with Crippen molar-refractivity contribution in [1.29, 1.82) is 5.26 Å². The van der Waals surface area contributed by atoms with Crippen LogP contribution in [0.4, 0.5) is 4.79 Å². The van der Waals surface area contributed by atoms with Gasteiger partial charge in [0.25, 0.3) is 0 Å². The van der Waals surface area contributed by atoms with Crippen LogP contribution in [0.2, 0.25) is 0 Å². The minimum Gasteiger partial charge on any atom is -0.444 e. The molecule has 4 aliphatic rings. The van der Waals surface area contributed by atoms with Crippen LogP contribution in [0.1, 0.15) is 72.1 Å². The van der Waals surface area contributed by atoms with Gasteiger partial charge >= 0.3 is 6.09 Å². The van der Waals surface area contributed by atoms with Gasteiger partial charge < -0.3 is 20.3 Å². The summed E-state index contributed by atoms with van der Waals surface area (Å²) in [4.78, 5) is 55.3. The summed E-state index contributed by atoms with van der Waals surface area (Å²) in [5.74, 6) is -0.560. The molecule has 0 aromatic carbocycles. The summed E-state index contributed by atoms with van der Waals surface area (Å²) in [6.45, 7) is 6.81. The van der Waals surface area contributed by atoms with Crippen LogP contribution in [0.5, 0.6) is 0 Å². The minimum absolute atomic E-state index is 0.0887. The number of nitrogens with one attached hydrogen (secondary N) is 2. The van der Waals surface area contributed by atoms with Crippen LogP contribution in [-0.2, 0) is 19.1 Å². The molecule has 1 saturated carbocycles. The number of hydrogen-bond acceptors (Lipinski definition) is 6. The molecule has 3 aliphatic heterocycles. The Labute approximate surface area is 206 Å². The first-order valence-electron chi connectivity index (χ1n) is 12.8. The van der Waals surface area contributed by atoms with Gasteiger partial charge in [-0.15, -0.1) is 0 Å². The van der Waals surface area contributed by atoms with Gasteiger partial charge in [-0.3, -0.25) is 19.3 Å². The predicted molar refractivity (Wildman–Crippen MR) is 126 cm³/mol. The van der Waals surface area contributed by atoms with E-state index in [-0.39, 0.29) is 30.1 Å². The third kappa shape index (κ3) is 5.39. The molecule has 10 nitrogen and oxygen atoms in total. The summed E-state index contributed by atoms with van der Waals surface area (Å²) in [6.07, 6.45) is 4.71. The van der Waals surface area contributed by atoms with Gasteiger partial charge in [-0.25, -0.2) is 4.79 Å². The highest BCUT2D eigenvalue weighted by molar-refractivity contribution is 5.96. The van der Waals surface area contributed by atoms with Crippen molar-refractivity contribution in [3.63, 3.8) is 0 Å². The minimum atomic E-state index is -0.971.